The van der Waals surface area contributed by atoms with Crippen LogP contribution in [0.5, 0.6) is 5.75 Å². The molecule has 5 heteroatoms. The summed E-state index contributed by atoms with van der Waals surface area (Å²) >= 11 is 3.28. The standard InChI is InChI=1S/C12H14BrN3O/c1-3-9-6-10(16(2)15-9)8-17-11-4-5-12(13)14-7-11/h4-7H,3,8H2,1-2H3. The molecule has 4 nitrogen and oxygen atoms in total. The minimum Gasteiger partial charge on any atom is -0.486 e. The first kappa shape index (κ1) is 12.1. The molecule has 0 saturated carbocycles. The second kappa shape index (κ2) is 5.31. The monoisotopic (exact) mass is 295 g/mol. The Hall–Kier alpha value is -1.36. The summed E-state index contributed by atoms with van der Waals surface area (Å²) in [5, 5.41) is 4.37. The molecule has 0 saturated heterocycles. The van der Waals surface area contributed by atoms with Gasteiger partial charge in [-0.2, -0.15) is 5.10 Å². The summed E-state index contributed by atoms with van der Waals surface area (Å²) in [7, 11) is 1.93. The molecule has 0 aromatic carbocycles. The van der Waals surface area contributed by atoms with Gasteiger partial charge in [-0.3, -0.25) is 4.68 Å². The van der Waals surface area contributed by atoms with Crippen LogP contribution >= 0.6 is 15.9 Å². The normalized spacial score (nSPS) is 10.5. The van der Waals surface area contributed by atoms with E-state index in [0.29, 0.717) is 6.61 Å². The second-order valence-corrected chi connectivity index (χ2v) is 4.52. The quantitative estimate of drug-likeness (QED) is 0.814. The molecule has 0 N–H and O–H groups in total. The van der Waals surface area contributed by atoms with Crippen molar-refractivity contribution in [2.75, 3.05) is 0 Å². The first-order valence-corrected chi connectivity index (χ1v) is 6.24. The molecule has 2 heterocycles. The molecular weight excluding hydrogens is 282 g/mol. The molecule has 0 spiro atoms. The molecule has 0 radical (unpaired) electrons. The van der Waals surface area contributed by atoms with Gasteiger partial charge in [-0.05, 0) is 40.5 Å². The smallest absolute Gasteiger partial charge is 0.138 e. The summed E-state index contributed by atoms with van der Waals surface area (Å²) < 4.78 is 8.30. The number of pyridine rings is 1. The highest BCUT2D eigenvalue weighted by Crippen LogP contribution is 2.14. The maximum Gasteiger partial charge on any atom is 0.138 e. The maximum absolute atomic E-state index is 5.64. The van der Waals surface area contributed by atoms with Crippen LogP contribution in [0.1, 0.15) is 18.3 Å². The molecule has 2 aromatic rings. The number of halogens is 1. The molecule has 0 unspecified atom stereocenters. The molecule has 2 aromatic heterocycles. The average Bonchev–Trinajstić information content (AvgIpc) is 2.69. The van der Waals surface area contributed by atoms with Crippen molar-refractivity contribution in [1.82, 2.24) is 14.8 Å². The predicted octanol–water partition coefficient (Wildman–Crippen LogP) is 2.72. The number of aromatic nitrogens is 3. The Morgan fingerprint density at radius 3 is 2.82 bits per heavy atom. The van der Waals surface area contributed by atoms with Gasteiger partial charge in [0.05, 0.1) is 17.6 Å². The Balaban J connectivity index is 2.01. The molecule has 0 fully saturated rings. The Bertz CT molecular complexity index is 493. The van der Waals surface area contributed by atoms with Gasteiger partial charge in [-0.25, -0.2) is 4.98 Å². The molecule has 17 heavy (non-hydrogen) atoms. The lowest BCUT2D eigenvalue weighted by Crippen LogP contribution is -2.03. The molecule has 0 aliphatic rings. The summed E-state index contributed by atoms with van der Waals surface area (Å²) in [6.07, 6.45) is 2.63. The summed E-state index contributed by atoms with van der Waals surface area (Å²) in [6, 6.07) is 5.80. The fourth-order valence-electron chi connectivity index (χ4n) is 1.48. The van der Waals surface area contributed by atoms with Crippen molar-refractivity contribution >= 4 is 15.9 Å². The minimum atomic E-state index is 0.507. The third-order valence-corrected chi connectivity index (χ3v) is 2.95. The van der Waals surface area contributed by atoms with E-state index in [9.17, 15) is 0 Å². The summed E-state index contributed by atoms with van der Waals surface area (Å²) in [6.45, 7) is 2.60. The van der Waals surface area contributed by atoms with Crippen LogP contribution in [0.25, 0.3) is 0 Å². The Kier molecular flexibility index (Phi) is 3.78. The van der Waals surface area contributed by atoms with Crippen molar-refractivity contribution in [2.45, 2.75) is 20.0 Å². The number of hydrogen-bond acceptors (Lipinski definition) is 3. The van der Waals surface area contributed by atoms with E-state index in [4.69, 9.17) is 4.74 Å². The Morgan fingerprint density at radius 1 is 1.41 bits per heavy atom. The SMILES string of the molecule is CCc1cc(COc2ccc(Br)nc2)n(C)n1. The van der Waals surface area contributed by atoms with E-state index in [1.54, 1.807) is 6.20 Å². The maximum atomic E-state index is 5.64. The predicted molar refractivity (Wildman–Crippen MR) is 68.9 cm³/mol. The zero-order valence-electron chi connectivity index (χ0n) is 9.85. The van der Waals surface area contributed by atoms with Crippen LogP contribution in [0.3, 0.4) is 0 Å². The lowest BCUT2D eigenvalue weighted by atomic mass is 10.3. The van der Waals surface area contributed by atoms with Gasteiger partial charge in [-0.1, -0.05) is 6.92 Å². The average molecular weight is 296 g/mol. The highest BCUT2D eigenvalue weighted by atomic mass is 79.9. The zero-order valence-corrected chi connectivity index (χ0v) is 11.4. The van der Waals surface area contributed by atoms with E-state index >= 15 is 0 Å². The van der Waals surface area contributed by atoms with Gasteiger partial charge in [-0.15, -0.1) is 0 Å². The third-order valence-electron chi connectivity index (χ3n) is 2.48. The Morgan fingerprint density at radius 2 is 2.24 bits per heavy atom. The van der Waals surface area contributed by atoms with Crippen molar-refractivity contribution in [3.05, 3.63) is 40.4 Å². The van der Waals surface area contributed by atoms with Crippen molar-refractivity contribution in [3.63, 3.8) is 0 Å². The van der Waals surface area contributed by atoms with Gasteiger partial charge in [0.15, 0.2) is 0 Å². The first-order valence-electron chi connectivity index (χ1n) is 5.45. The van der Waals surface area contributed by atoms with Gasteiger partial charge in [0.25, 0.3) is 0 Å². The largest absolute Gasteiger partial charge is 0.486 e. The molecule has 90 valence electrons. The van der Waals surface area contributed by atoms with E-state index < -0.39 is 0 Å². The van der Waals surface area contributed by atoms with Crippen LogP contribution in [0.15, 0.2) is 29.0 Å². The molecule has 0 atom stereocenters. The van der Waals surface area contributed by atoms with Gasteiger partial charge in [0, 0.05) is 7.05 Å². The van der Waals surface area contributed by atoms with Gasteiger partial charge in [0.2, 0.25) is 0 Å². The van der Waals surface area contributed by atoms with Crippen LogP contribution in [0.4, 0.5) is 0 Å². The molecule has 2 rings (SSSR count). The van der Waals surface area contributed by atoms with Crippen LogP contribution in [0, 0.1) is 0 Å². The van der Waals surface area contributed by atoms with E-state index in [-0.39, 0.29) is 0 Å². The van der Waals surface area contributed by atoms with Crippen molar-refractivity contribution < 1.29 is 4.74 Å². The van der Waals surface area contributed by atoms with E-state index in [1.807, 2.05) is 23.9 Å². The Labute approximate surface area is 109 Å². The summed E-state index contributed by atoms with van der Waals surface area (Å²) in [5.41, 5.74) is 2.14. The topological polar surface area (TPSA) is 39.9 Å². The van der Waals surface area contributed by atoms with Crippen molar-refractivity contribution in [3.8, 4) is 5.75 Å². The number of rotatable bonds is 4. The number of aryl methyl sites for hydroxylation is 2. The third kappa shape index (κ3) is 3.06. The van der Waals surface area contributed by atoms with Crippen LogP contribution in [0.2, 0.25) is 0 Å². The highest BCUT2D eigenvalue weighted by Gasteiger charge is 2.04. The second-order valence-electron chi connectivity index (χ2n) is 3.71. The lowest BCUT2D eigenvalue weighted by Gasteiger charge is -2.05. The van der Waals surface area contributed by atoms with E-state index in [2.05, 4.69) is 39.0 Å². The molecule has 0 bridgehead atoms. The van der Waals surface area contributed by atoms with Crippen molar-refractivity contribution in [2.24, 2.45) is 7.05 Å². The van der Waals surface area contributed by atoms with Crippen LogP contribution < -0.4 is 4.74 Å². The minimum absolute atomic E-state index is 0.507. The van der Waals surface area contributed by atoms with Gasteiger partial charge < -0.3 is 4.74 Å². The lowest BCUT2D eigenvalue weighted by molar-refractivity contribution is 0.293. The molecule has 0 amide bonds. The van der Waals surface area contributed by atoms with Gasteiger partial charge >= 0.3 is 0 Å². The fourth-order valence-corrected chi connectivity index (χ4v) is 1.72. The molecular formula is C12H14BrN3O. The van der Waals surface area contributed by atoms with Crippen LogP contribution in [-0.2, 0) is 20.1 Å². The molecule has 0 aliphatic heterocycles. The fraction of sp³-hybridized carbons (Fsp3) is 0.333. The number of ether oxygens (including phenoxy) is 1. The summed E-state index contributed by atoms with van der Waals surface area (Å²) in [5.74, 6) is 0.757. The number of hydrogen-bond donors (Lipinski definition) is 0. The van der Waals surface area contributed by atoms with E-state index in [0.717, 1.165) is 28.2 Å². The number of nitrogens with zero attached hydrogens (tertiary/aromatic N) is 3. The highest BCUT2D eigenvalue weighted by molar-refractivity contribution is 9.10. The van der Waals surface area contributed by atoms with Gasteiger partial charge in [0.1, 0.15) is 17.0 Å². The molecule has 0 aliphatic carbocycles. The summed E-state index contributed by atoms with van der Waals surface area (Å²) in [4.78, 5) is 4.10. The van der Waals surface area contributed by atoms with Crippen molar-refractivity contribution in [1.29, 1.82) is 0 Å². The van der Waals surface area contributed by atoms with E-state index in [1.165, 1.54) is 0 Å². The zero-order chi connectivity index (χ0) is 12.3. The first-order chi connectivity index (χ1) is 8.19. The van der Waals surface area contributed by atoms with Crippen LogP contribution in [-0.4, -0.2) is 14.8 Å².